The number of aryl methyl sites for hydroxylation is 1. The van der Waals surface area contributed by atoms with Gasteiger partial charge in [-0.15, -0.1) is 0 Å². The van der Waals surface area contributed by atoms with E-state index in [2.05, 4.69) is 10.3 Å². The number of halogens is 1. The van der Waals surface area contributed by atoms with Gasteiger partial charge in [-0.05, 0) is 30.2 Å². The third-order valence-electron chi connectivity index (χ3n) is 4.49. The molecule has 6 nitrogen and oxygen atoms in total. The summed E-state index contributed by atoms with van der Waals surface area (Å²) in [5.41, 5.74) is 2.34. The Bertz CT molecular complexity index is 1010. The SMILES string of the molecule is CN(CCOC(=O)Nc1cnc2ccccc2c1)C(=O)CCc1ccccc1Cl. The highest BCUT2D eigenvalue weighted by molar-refractivity contribution is 6.31. The number of likely N-dealkylation sites (N-methyl/N-ethyl adjacent to an activating group) is 1. The number of carbonyl (C=O) groups is 2. The minimum absolute atomic E-state index is 0.0346. The second-order valence-electron chi connectivity index (χ2n) is 6.58. The van der Waals surface area contributed by atoms with Gasteiger partial charge in [0.2, 0.25) is 5.91 Å². The first-order valence-corrected chi connectivity index (χ1v) is 9.66. The lowest BCUT2D eigenvalue weighted by molar-refractivity contribution is -0.130. The smallest absolute Gasteiger partial charge is 0.411 e. The van der Waals surface area contributed by atoms with Crippen LogP contribution in [-0.2, 0) is 16.0 Å². The van der Waals surface area contributed by atoms with E-state index in [-0.39, 0.29) is 12.5 Å². The molecule has 29 heavy (non-hydrogen) atoms. The fourth-order valence-corrected chi connectivity index (χ4v) is 3.06. The molecular weight excluding hydrogens is 390 g/mol. The molecule has 0 bridgehead atoms. The molecule has 0 unspecified atom stereocenters. The molecule has 150 valence electrons. The maximum atomic E-state index is 12.2. The maximum absolute atomic E-state index is 12.2. The first-order valence-electron chi connectivity index (χ1n) is 9.29. The number of pyridine rings is 1. The monoisotopic (exact) mass is 411 g/mol. The summed E-state index contributed by atoms with van der Waals surface area (Å²) in [5, 5.41) is 4.23. The van der Waals surface area contributed by atoms with Crippen LogP contribution in [0.2, 0.25) is 5.02 Å². The normalized spacial score (nSPS) is 10.6. The third-order valence-corrected chi connectivity index (χ3v) is 4.86. The van der Waals surface area contributed by atoms with Crippen molar-refractivity contribution in [1.29, 1.82) is 0 Å². The van der Waals surface area contributed by atoms with Crippen LogP contribution in [0.5, 0.6) is 0 Å². The van der Waals surface area contributed by atoms with Gasteiger partial charge in [-0.2, -0.15) is 0 Å². The molecule has 0 fully saturated rings. The molecule has 0 aliphatic carbocycles. The van der Waals surface area contributed by atoms with Crippen LogP contribution in [0, 0.1) is 0 Å². The molecule has 7 heteroatoms. The van der Waals surface area contributed by atoms with Crippen LogP contribution in [0.1, 0.15) is 12.0 Å². The third kappa shape index (κ3) is 5.93. The Kier molecular flexibility index (Phi) is 7.03. The zero-order chi connectivity index (χ0) is 20.6. The quantitative estimate of drug-likeness (QED) is 0.620. The van der Waals surface area contributed by atoms with Gasteiger partial charge in [-0.3, -0.25) is 15.1 Å². The van der Waals surface area contributed by atoms with Crippen molar-refractivity contribution >= 4 is 40.2 Å². The number of amides is 2. The molecule has 1 heterocycles. The summed E-state index contributed by atoms with van der Waals surface area (Å²) in [4.78, 5) is 30.0. The predicted molar refractivity (Wildman–Crippen MR) is 114 cm³/mol. The molecule has 1 aromatic heterocycles. The van der Waals surface area contributed by atoms with E-state index in [1.807, 2.05) is 54.6 Å². The number of anilines is 1. The van der Waals surface area contributed by atoms with E-state index in [1.54, 1.807) is 18.1 Å². The fourth-order valence-electron chi connectivity index (χ4n) is 2.83. The van der Waals surface area contributed by atoms with Crippen molar-refractivity contribution in [3.8, 4) is 0 Å². The molecule has 3 aromatic rings. The van der Waals surface area contributed by atoms with Gasteiger partial charge in [0.15, 0.2) is 0 Å². The van der Waals surface area contributed by atoms with Crippen LogP contribution < -0.4 is 5.32 Å². The molecule has 0 aliphatic rings. The highest BCUT2D eigenvalue weighted by Crippen LogP contribution is 2.17. The number of hydrogen-bond donors (Lipinski definition) is 1. The van der Waals surface area contributed by atoms with E-state index in [0.717, 1.165) is 16.5 Å². The van der Waals surface area contributed by atoms with Crippen LogP contribution in [0.3, 0.4) is 0 Å². The van der Waals surface area contributed by atoms with E-state index in [4.69, 9.17) is 16.3 Å². The van der Waals surface area contributed by atoms with Gasteiger partial charge in [-0.25, -0.2) is 4.79 Å². The zero-order valence-electron chi connectivity index (χ0n) is 16.1. The first-order chi connectivity index (χ1) is 14.0. The topological polar surface area (TPSA) is 71.5 Å². The van der Waals surface area contributed by atoms with Crippen LogP contribution >= 0.6 is 11.6 Å². The van der Waals surface area contributed by atoms with Crippen LogP contribution in [0.4, 0.5) is 10.5 Å². The number of rotatable bonds is 7. The second kappa shape index (κ2) is 9.89. The number of hydrogen-bond acceptors (Lipinski definition) is 4. The Morgan fingerprint density at radius 2 is 1.90 bits per heavy atom. The highest BCUT2D eigenvalue weighted by atomic mass is 35.5. The van der Waals surface area contributed by atoms with E-state index in [1.165, 1.54) is 0 Å². The lowest BCUT2D eigenvalue weighted by atomic mass is 10.1. The summed E-state index contributed by atoms with van der Waals surface area (Å²) in [6, 6.07) is 16.9. The number of fused-ring (bicyclic) bond motifs is 1. The van der Waals surface area contributed by atoms with Gasteiger partial charge in [0, 0.05) is 23.9 Å². The number of benzene rings is 2. The highest BCUT2D eigenvalue weighted by Gasteiger charge is 2.11. The lowest BCUT2D eigenvalue weighted by Gasteiger charge is -2.17. The average Bonchev–Trinajstić information content (AvgIpc) is 2.72. The van der Waals surface area contributed by atoms with Crippen molar-refractivity contribution in [3.05, 3.63) is 71.4 Å². The van der Waals surface area contributed by atoms with Crippen LogP contribution in [0.15, 0.2) is 60.8 Å². The molecule has 0 radical (unpaired) electrons. The van der Waals surface area contributed by atoms with Crippen molar-refractivity contribution in [2.24, 2.45) is 0 Å². The van der Waals surface area contributed by atoms with Gasteiger partial charge >= 0.3 is 6.09 Å². The van der Waals surface area contributed by atoms with Gasteiger partial charge in [0.25, 0.3) is 0 Å². The van der Waals surface area contributed by atoms with E-state index in [9.17, 15) is 9.59 Å². The van der Waals surface area contributed by atoms with E-state index in [0.29, 0.717) is 30.1 Å². The van der Waals surface area contributed by atoms with Crippen LogP contribution in [-0.4, -0.2) is 42.1 Å². The molecule has 0 spiro atoms. The summed E-state index contributed by atoms with van der Waals surface area (Å²) in [6.07, 6.45) is 1.90. The van der Waals surface area contributed by atoms with E-state index >= 15 is 0 Å². The Morgan fingerprint density at radius 3 is 2.72 bits per heavy atom. The lowest BCUT2D eigenvalue weighted by Crippen LogP contribution is -2.31. The molecule has 0 saturated heterocycles. The van der Waals surface area contributed by atoms with Gasteiger partial charge in [0.05, 0.1) is 23.9 Å². The number of para-hydroxylation sites is 1. The van der Waals surface area contributed by atoms with Gasteiger partial charge in [0.1, 0.15) is 6.61 Å². The number of nitrogens with zero attached hydrogens (tertiary/aromatic N) is 2. The molecule has 0 atom stereocenters. The van der Waals surface area contributed by atoms with Crippen molar-refractivity contribution in [1.82, 2.24) is 9.88 Å². The Balaban J connectivity index is 1.40. The molecule has 3 rings (SSSR count). The van der Waals surface area contributed by atoms with Crippen LogP contribution in [0.25, 0.3) is 10.9 Å². The molecule has 0 aliphatic heterocycles. The van der Waals surface area contributed by atoms with E-state index < -0.39 is 6.09 Å². The second-order valence-corrected chi connectivity index (χ2v) is 6.99. The Hall–Kier alpha value is -3.12. The number of carbonyl (C=O) groups excluding carboxylic acids is 2. The largest absolute Gasteiger partial charge is 0.447 e. The van der Waals surface area contributed by atoms with Crippen molar-refractivity contribution in [3.63, 3.8) is 0 Å². The van der Waals surface area contributed by atoms with Gasteiger partial charge < -0.3 is 9.64 Å². The Morgan fingerprint density at radius 1 is 1.14 bits per heavy atom. The summed E-state index contributed by atoms with van der Waals surface area (Å²) >= 11 is 6.11. The van der Waals surface area contributed by atoms with Crippen molar-refractivity contribution in [2.45, 2.75) is 12.8 Å². The average molecular weight is 412 g/mol. The maximum Gasteiger partial charge on any atom is 0.411 e. The Labute approximate surface area is 174 Å². The summed E-state index contributed by atoms with van der Waals surface area (Å²) < 4.78 is 5.17. The first kappa shape index (κ1) is 20.6. The molecule has 2 amide bonds. The molecular formula is C22H22ClN3O3. The van der Waals surface area contributed by atoms with Crippen molar-refractivity contribution in [2.75, 3.05) is 25.5 Å². The number of aromatic nitrogens is 1. The number of ether oxygens (including phenoxy) is 1. The predicted octanol–water partition coefficient (Wildman–Crippen LogP) is 4.53. The summed E-state index contributed by atoms with van der Waals surface area (Å²) in [6.45, 7) is 0.409. The zero-order valence-corrected chi connectivity index (χ0v) is 16.9. The molecule has 2 aromatic carbocycles. The summed E-state index contributed by atoms with van der Waals surface area (Å²) in [7, 11) is 1.68. The number of nitrogens with one attached hydrogen (secondary N) is 1. The summed E-state index contributed by atoms with van der Waals surface area (Å²) in [5.74, 6) is -0.0346. The van der Waals surface area contributed by atoms with Gasteiger partial charge in [-0.1, -0.05) is 48.0 Å². The fraction of sp³-hybridized carbons (Fsp3) is 0.227. The van der Waals surface area contributed by atoms with Crippen molar-refractivity contribution < 1.29 is 14.3 Å². The minimum atomic E-state index is -0.584. The standard InChI is InChI=1S/C22H22ClN3O3/c1-26(21(27)11-10-16-6-2-4-8-19(16)23)12-13-29-22(28)25-18-14-17-7-3-5-9-20(17)24-15-18/h2-9,14-15H,10-13H2,1H3,(H,25,28). The minimum Gasteiger partial charge on any atom is -0.447 e. The molecule has 0 saturated carbocycles. The molecule has 1 N–H and O–H groups in total.